The Hall–Kier alpha value is -3.98. The number of nitrogen functional groups attached to an aromatic ring is 1. The number of hydrogen-bond donors (Lipinski definition) is 3. The fraction of sp³-hybridized carbons (Fsp3) is 0.0870. The fourth-order valence-electron chi connectivity index (χ4n) is 2.47. The first-order valence-electron chi connectivity index (χ1n) is 9.47. The number of phenolic OH excluding ortho intramolecular Hbond substituents is 1. The van der Waals surface area contributed by atoms with Gasteiger partial charge in [0.25, 0.3) is 10.0 Å². The summed E-state index contributed by atoms with van der Waals surface area (Å²) in [5, 5.41) is 18.1. The highest BCUT2D eigenvalue weighted by molar-refractivity contribution is 7.92. The number of benzene rings is 2. The van der Waals surface area contributed by atoms with Crippen LogP contribution >= 0.6 is 0 Å². The summed E-state index contributed by atoms with van der Waals surface area (Å²) in [6.07, 6.45) is 4.78. The van der Waals surface area contributed by atoms with E-state index in [1.807, 2.05) is 0 Å². The highest BCUT2D eigenvalue weighted by Gasteiger charge is 2.14. The van der Waals surface area contributed by atoms with E-state index in [2.05, 4.69) is 33.1 Å². The van der Waals surface area contributed by atoms with Gasteiger partial charge in [-0.1, -0.05) is 31.4 Å². The van der Waals surface area contributed by atoms with Crippen LogP contribution in [0.15, 0.2) is 95.2 Å². The maximum Gasteiger partial charge on any atom is 0.263 e. The van der Waals surface area contributed by atoms with Crippen LogP contribution in [-0.2, 0) is 10.0 Å². The zero-order chi connectivity index (χ0) is 23.7. The van der Waals surface area contributed by atoms with Crippen LogP contribution < -0.4 is 10.5 Å². The second-order valence-electron chi connectivity index (χ2n) is 6.59. The molecule has 0 saturated heterocycles. The highest BCUT2D eigenvalue weighted by Crippen LogP contribution is 2.35. The van der Waals surface area contributed by atoms with E-state index in [0.29, 0.717) is 28.2 Å². The van der Waals surface area contributed by atoms with Crippen molar-refractivity contribution in [1.82, 2.24) is 4.98 Å². The van der Waals surface area contributed by atoms with Crippen LogP contribution in [0.4, 0.5) is 22.9 Å². The predicted molar refractivity (Wildman–Crippen MR) is 128 cm³/mol. The first-order chi connectivity index (χ1) is 15.2. The van der Waals surface area contributed by atoms with Gasteiger partial charge in [0, 0.05) is 11.8 Å². The standard InChI is InChI=1S/C19H19N5O3S.C4H6/c1-12-11-16(18(20)13(2)19(12)25)23-22-14-6-8-15(9-7-14)28(26,27)24-17-5-3-4-10-21-17;1-3-4-2/h3-11,25H,20H2,1-2H3,(H,21,24);3-4H,1-2H2. The molecule has 0 atom stereocenters. The van der Waals surface area contributed by atoms with Crippen molar-refractivity contribution in [2.75, 3.05) is 10.5 Å². The van der Waals surface area contributed by atoms with Crippen LogP contribution in [0.2, 0.25) is 0 Å². The van der Waals surface area contributed by atoms with Crippen LogP contribution in [0.5, 0.6) is 5.75 Å². The number of aromatic hydroxyl groups is 1. The van der Waals surface area contributed by atoms with Gasteiger partial charge in [0.1, 0.15) is 17.3 Å². The van der Waals surface area contributed by atoms with Crippen LogP contribution in [0.3, 0.4) is 0 Å². The number of hydrogen-bond acceptors (Lipinski definition) is 7. The minimum Gasteiger partial charge on any atom is -0.507 e. The molecule has 166 valence electrons. The average molecular weight is 452 g/mol. The Bertz CT molecular complexity index is 1220. The lowest BCUT2D eigenvalue weighted by Crippen LogP contribution is -2.13. The van der Waals surface area contributed by atoms with Gasteiger partial charge in [0.15, 0.2) is 0 Å². The Morgan fingerprint density at radius 1 is 1.06 bits per heavy atom. The van der Waals surface area contributed by atoms with Crippen LogP contribution in [0.1, 0.15) is 11.1 Å². The number of aryl methyl sites for hydroxylation is 1. The lowest BCUT2D eigenvalue weighted by atomic mass is 10.1. The van der Waals surface area contributed by atoms with Crippen molar-refractivity contribution >= 4 is 32.9 Å². The van der Waals surface area contributed by atoms with Crippen LogP contribution in [0.25, 0.3) is 0 Å². The summed E-state index contributed by atoms with van der Waals surface area (Å²) in [6, 6.07) is 12.5. The molecule has 9 heteroatoms. The third-order valence-electron chi connectivity index (χ3n) is 4.25. The summed E-state index contributed by atoms with van der Waals surface area (Å²) >= 11 is 0. The highest BCUT2D eigenvalue weighted by atomic mass is 32.2. The largest absolute Gasteiger partial charge is 0.507 e. The summed E-state index contributed by atoms with van der Waals surface area (Å²) in [4.78, 5) is 4.02. The van der Waals surface area contributed by atoms with Crippen molar-refractivity contribution in [2.45, 2.75) is 18.7 Å². The molecule has 8 nitrogen and oxygen atoms in total. The second-order valence-corrected chi connectivity index (χ2v) is 8.27. The van der Waals surface area contributed by atoms with Crippen molar-refractivity contribution in [3.8, 4) is 5.75 Å². The van der Waals surface area contributed by atoms with Crippen molar-refractivity contribution in [2.24, 2.45) is 10.2 Å². The van der Waals surface area contributed by atoms with E-state index in [-0.39, 0.29) is 16.5 Å². The molecule has 32 heavy (non-hydrogen) atoms. The molecule has 0 aliphatic rings. The molecule has 1 heterocycles. The molecule has 0 fully saturated rings. The van der Waals surface area contributed by atoms with Gasteiger partial charge in [0.2, 0.25) is 0 Å². The number of nitrogens with one attached hydrogen (secondary N) is 1. The molecular weight excluding hydrogens is 426 g/mol. The Morgan fingerprint density at radius 3 is 2.28 bits per heavy atom. The molecule has 0 radical (unpaired) electrons. The summed E-state index contributed by atoms with van der Waals surface area (Å²) < 4.78 is 27.2. The molecule has 0 unspecified atom stereocenters. The number of rotatable bonds is 6. The molecule has 0 aliphatic carbocycles. The second kappa shape index (κ2) is 10.9. The zero-order valence-corrected chi connectivity index (χ0v) is 18.7. The monoisotopic (exact) mass is 451 g/mol. The van der Waals surface area contributed by atoms with E-state index in [4.69, 9.17) is 5.73 Å². The number of nitrogens with two attached hydrogens (primary N) is 1. The smallest absolute Gasteiger partial charge is 0.263 e. The van der Waals surface area contributed by atoms with E-state index < -0.39 is 10.0 Å². The number of sulfonamides is 1. The van der Waals surface area contributed by atoms with Gasteiger partial charge in [-0.2, -0.15) is 5.11 Å². The number of aromatic nitrogens is 1. The predicted octanol–water partition coefficient (Wildman–Crippen LogP) is 5.56. The van der Waals surface area contributed by atoms with E-state index in [1.165, 1.54) is 30.5 Å². The zero-order valence-electron chi connectivity index (χ0n) is 17.9. The van der Waals surface area contributed by atoms with Crippen molar-refractivity contribution in [1.29, 1.82) is 0 Å². The SMILES string of the molecule is C=CC=C.Cc1cc(N=Nc2ccc(S(=O)(=O)Nc3ccccn3)cc2)c(N)c(C)c1O. The third-order valence-corrected chi connectivity index (χ3v) is 5.62. The van der Waals surface area contributed by atoms with E-state index >= 15 is 0 Å². The maximum absolute atomic E-state index is 12.4. The topological polar surface area (TPSA) is 130 Å². The van der Waals surface area contributed by atoms with Gasteiger partial charge in [-0.3, -0.25) is 4.72 Å². The van der Waals surface area contributed by atoms with Gasteiger partial charge in [-0.25, -0.2) is 13.4 Å². The number of nitrogens with zero attached hydrogens (tertiary/aromatic N) is 3. The summed E-state index contributed by atoms with van der Waals surface area (Å²) in [5.74, 6) is 0.367. The first-order valence-corrected chi connectivity index (χ1v) is 11.0. The molecule has 3 aromatic rings. The summed E-state index contributed by atoms with van der Waals surface area (Å²) in [7, 11) is -3.75. The molecular formula is C23H25N5O3S. The third kappa shape index (κ3) is 6.26. The number of allylic oxidation sites excluding steroid dienone is 2. The Morgan fingerprint density at radius 2 is 1.72 bits per heavy atom. The first kappa shape index (κ1) is 24.3. The van der Waals surface area contributed by atoms with Crippen molar-refractivity contribution < 1.29 is 13.5 Å². The molecule has 0 amide bonds. The van der Waals surface area contributed by atoms with Gasteiger partial charge >= 0.3 is 0 Å². The molecule has 0 spiro atoms. The number of azo groups is 1. The van der Waals surface area contributed by atoms with Crippen molar-refractivity contribution in [3.63, 3.8) is 0 Å². The minimum atomic E-state index is -3.75. The van der Waals surface area contributed by atoms with Crippen molar-refractivity contribution in [3.05, 3.63) is 91.2 Å². The lowest BCUT2D eigenvalue weighted by molar-refractivity contribution is 0.467. The lowest BCUT2D eigenvalue weighted by Gasteiger charge is -2.09. The normalized spacial score (nSPS) is 10.8. The van der Waals surface area contributed by atoms with Gasteiger partial charge in [-0.15, -0.1) is 5.11 Å². The molecule has 0 bridgehead atoms. The summed E-state index contributed by atoms with van der Waals surface area (Å²) in [5.41, 5.74) is 8.37. The van der Waals surface area contributed by atoms with E-state index in [1.54, 1.807) is 50.3 Å². The minimum absolute atomic E-state index is 0.0768. The fourth-order valence-corrected chi connectivity index (χ4v) is 3.48. The van der Waals surface area contributed by atoms with Gasteiger partial charge in [-0.05, 0) is 61.9 Å². The van der Waals surface area contributed by atoms with E-state index in [9.17, 15) is 13.5 Å². The van der Waals surface area contributed by atoms with E-state index in [0.717, 1.165) is 0 Å². The van der Waals surface area contributed by atoms with Crippen LogP contribution in [0, 0.1) is 13.8 Å². The summed E-state index contributed by atoms with van der Waals surface area (Å²) in [6.45, 7) is 10.2. The molecule has 3 rings (SSSR count). The molecule has 0 saturated carbocycles. The molecule has 1 aromatic heterocycles. The molecule has 4 N–H and O–H groups in total. The average Bonchev–Trinajstić information content (AvgIpc) is 2.80. The quantitative estimate of drug-likeness (QED) is 0.256. The van der Waals surface area contributed by atoms with Gasteiger partial charge in [0.05, 0.1) is 16.3 Å². The molecule has 0 aliphatic heterocycles. The van der Waals surface area contributed by atoms with Gasteiger partial charge < -0.3 is 10.8 Å². The Kier molecular flexibility index (Phi) is 8.25. The number of phenols is 1. The van der Waals surface area contributed by atoms with Crippen LogP contribution in [-0.4, -0.2) is 18.5 Å². The Labute approximate surface area is 187 Å². The number of anilines is 2. The maximum atomic E-state index is 12.4. The number of pyridine rings is 1. The Balaban J connectivity index is 0.000000837. The molecule has 2 aromatic carbocycles.